The molecule has 0 unspecified atom stereocenters. The van der Waals surface area contributed by atoms with Crippen LogP contribution < -0.4 is 10.5 Å². The summed E-state index contributed by atoms with van der Waals surface area (Å²) in [5, 5.41) is 2.76. The highest BCUT2D eigenvalue weighted by molar-refractivity contribution is 7.80. The van der Waals surface area contributed by atoms with Crippen LogP contribution in [0.4, 0.5) is 0 Å². The third kappa shape index (κ3) is 2.81. The van der Waals surface area contributed by atoms with Gasteiger partial charge in [0.25, 0.3) is 0 Å². The number of nitrogens with zero attached hydrogens (tertiary/aromatic N) is 1. The molecule has 2 aromatic rings. The van der Waals surface area contributed by atoms with E-state index in [0.29, 0.717) is 17.3 Å². The summed E-state index contributed by atoms with van der Waals surface area (Å²) in [6, 6.07) is 7.83. The predicted octanol–water partition coefficient (Wildman–Crippen LogP) is 2.84. The molecular formula is C12H12N2OS2. The number of hydrogen-bond donors (Lipinski definition) is 1. The van der Waals surface area contributed by atoms with Crippen LogP contribution in [0.3, 0.4) is 0 Å². The Morgan fingerprint density at radius 1 is 1.53 bits per heavy atom. The first-order valence-corrected chi connectivity index (χ1v) is 6.48. The normalized spacial score (nSPS) is 10.2. The molecule has 0 aliphatic heterocycles. The molecule has 2 N–H and O–H groups in total. The molecule has 0 radical (unpaired) electrons. The standard InChI is InChI=1S/C12H12N2OS2/c1-2-15-9-5-3-4-8(6-9)12-14-10(7-17-12)11(13)16/h3-7H,2H2,1H3,(H2,13,16). The second-order valence-electron chi connectivity index (χ2n) is 3.36. The molecule has 0 saturated carbocycles. The van der Waals surface area contributed by atoms with Crippen LogP contribution in [0.15, 0.2) is 29.6 Å². The van der Waals surface area contributed by atoms with Crippen LogP contribution in [0.1, 0.15) is 12.6 Å². The Balaban J connectivity index is 2.31. The van der Waals surface area contributed by atoms with Crippen LogP contribution in [0.2, 0.25) is 0 Å². The van der Waals surface area contributed by atoms with Gasteiger partial charge in [0.2, 0.25) is 0 Å². The van der Waals surface area contributed by atoms with Gasteiger partial charge >= 0.3 is 0 Å². The number of ether oxygens (including phenoxy) is 1. The Kier molecular flexibility index (Phi) is 3.71. The molecule has 1 aromatic heterocycles. The predicted molar refractivity (Wildman–Crippen MR) is 74.6 cm³/mol. The van der Waals surface area contributed by atoms with Crippen molar-refractivity contribution in [3.8, 4) is 16.3 Å². The first-order valence-electron chi connectivity index (χ1n) is 5.19. The highest BCUT2D eigenvalue weighted by atomic mass is 32.1. The molecule has 0 spiro atoms. The zero-order valence-electron chi connectivity index (χ0n) is 9.34. The van der Waals surface area contributed by atoms with Crippen molar-refractivity contribution >= 4 is 28.5 Å². The van der Waals surface area contributed by atoms with Crippen molar-refractivity contribution in [3.63, 3.8) is 0 Å². The largest absolute Gasteiger partial charge is 0.494 e. The molecule has 0 aliphatic carbocycles. The Labute approximate surface area is 109 Å². The summed E-state index contributed by atoms with van der Waals surface area (Å²) >= 11 is 6.41. The molecule has 5 heteroatoms. The zero-order valence-corrected chi connectivity index (χ0v) is 11.0. The summed E-state index contributed by atoms with van der Waals surface area (Å²) in [4.78, 5) is 4.71. The van der Waals surface area contributed by atoms with Crippen LogP contribution in [0, 0.1) is 0 Å². The molecule has 0 aliphatic rings. The van der Waals surface area contributed by atoms with E-state index in [0.717, 1.165) is 16.3 Å². The van der Waals surface area contributed by atoms with Gasteiger partial charge < -0.3 is 10.5 Å². The lowest BCUT2D eigenvalue weighted by Gasteiger charge is -2.03. The molecule has 1 aromatic carbocycles. The fraction of sp³-hybridized carbons (Fsp3) is 0.167. The smallest absolute Gasteiger partial charge is 0.124 e. The molecular weight excluding hydrogens is 252 g/mol. The monoisotopic (exact) mass is 264 g/mol. The second-order valence-corrected chi connectivity index (χ2v) is 4.66. The summed E-state index contributed by atoms with van der Waals surface area (Å²) in [5.74, 6) is 0.845. The summed E-state index contributed by atoms with van der Waals surface area (Å²) in [5.41, 5.74) is 7.22. The number of nitrogens with two attached hydrogens (primary N) is 1. The van der Waals surface area contributed by atoms with Gasteiger partial charge in [-0.3, -0.25) is 0 Å². The SMILES string of the molecule is CCOc1cccc(-c2nc(C(N)=S)cs2)c1. The number of thiazole rings is 1. The average Bonchev–Trinajstić information content (AvgIpc) is 2.79. The number of hydrogen-bond acceptors (Lipinski definition) is 4. The van der Waals surface area contributed by atoms with E-state index in [1.807, 2.05) is 36.6 Å². The molecule has 0 bridgehead atoms. The maximum atomic E-state index is 5.53. The van der Waals surface area contributed by atoms with E-state index in [4.69, 9.17) is 22.7 Å². The molecule has 0 amide bonds. The minimum atomic E-state index is 0.327. The van der Waals surface area contributed by atoms with Crippen LogP contribution in [-0.2, 0) is 0 Å². The van der Waals surface area contributed by atoms with E-state index in [2.05, 4.69) is 4.98 Å². The lowest BCUT2D eigenvalue weighted by Crippen LogP contribution is -2.09. The van der Waals surface area contributed by atoms with Crippen LogP contribution >= 0.6 is 23.6 Å². The fourth-order valence-electron chi connectivity index (χ4n) is 1.41. The Bertz CT molecular complexity index is 537. The van der Waals surface area contributed by atoms with Crippen molar-refractivity contribution < 1.29 is 4.74 Å². The maximum absolute atomic E-state index is 5.53. The third-order valence-corrected chi connectivity index (χ3v) is 3.25. The van der Waals surface area contributed by atoms with Crippen LogP contribution in [-0.4, -0.2) is 16.6 Å². The average molecular weight is 264 g/mol. The van der Waals surface area contributed by atoms with Gasteiger partial charge in [-0.15, -0.1) is 11.3 Å². The van der Waals surface area contributed by atoms with E-state index in [-0.39, 0.29) is 0 Å². The lowest BCUT2D eigenvalue weighted by atomic mass is 10.2. The molecule has 17 heavy (non-hydrogen) atoms. The van der Waals surface area contributed by atoms with E-state index < -0.39 is 0 Å². The third-order valence-electron chi connectivity index (χ3n) is 2.15. The Hall–Kier alpha value is -1.46. The topological polar surface area (TPSA) is 48.1 Å². The summed E-state index contributed by atoms with van der Waals surface area (Å²) in [7, 11) is 0. The van der Waals surface area contributed by atoms with Gasteiger partial charge in [0, 0.05) is 10.9 Å². The quantitative estimate of drug-likeness (QED) is 0.863. The molecule has 1 heterocycles. The van der Waals surface area contributed by atoms with Gasteiger partial charge in [-0.25, -0.2) is 4.98 Å². The first-order chi connectivity index (χ1) is 8.20. The summed E-state index contributed by atoms with van der Waals surface area (Å²) < 4.78 is 5.45. The molecule has 2 rings (SSSR count). The Morgan fingerprint density at radius 3 is 3.00 bits per heavy atom. The van der Waals surface area contributed by atoms with Gasteiger partial charge in [-0.2, -0.15) is 0 Å². The van der Waals surface area contributed by atoms with Crippen molar-refractivity contribution in [3.05, 3.63) is 35.3 Å². The van der Waals surface area contributed by atoms with Crippen molar-refractivity contribution in [2.75, 3.05) is 6.61 Å². The highest BCUT2D eigenvalue weighted by Crippen LogP contribution is 2.26. The number of rotatable bonds is 4. The molecule has 0 saturated heterocycles. The van der Waals surface area contributed by atoms with E-state index in [1.54, 1.807) is 0 Å². The molecule has 0 fully saturated rings. The number of aromatic nitrogens is 1. The van der Waals surface area contributed by atoms with E-state index in [9.17, 15) is 0 Å². The number of benzene rings is 1. The number of thiocarbonyl (C=S) groups is 1. The molecule has 3 nitrogen and oxygen atoms in total. The first kappa shape index (κ1) is 12.0. The van der Waals surface area contributed by atoms with Crippen LogP contribution in [0.5, 0.6) is 5.75 Å². The van der Waals surface area contributed by atoms with Gasteiger partial charge in [0.05, 0.1) is 6.61 Å². The highest BCUT2D eigenvalue weighted by Gasteiger charge is 2.07. The van der Waals surface area contributed by atoms with Gasteiger partial charge in [-0.1, -0.05) is 24.4 Å². The maximum Gasteiger partial charge on any atom is 0.124 e. The molecule has 88 valence electrons. The minimum Gasteiger partial charge on any atom is -0.494 e. The van der Waals surface area contributed by atoms with E-state index >= 15 is 0 Å². The second kappa shape index (κ2) is 5.25. The van der Waals surface area contributed by atoms with Gasteiger partial charge in [-0.05, 0) is 19.1 Å². The van der Waals surface area contributed by atoms with Crippen LogP contribution in [0.25, 0.3) is 10.6 Å². The van der Waals surface area contributed by atoms with Crippen molar-refractivity contribution in [1.82, 2.24) is 4.98 Å². The Morgan fingerprint density at radius 2 is 2.35 bits per heavy atom. The zero-order chi connectivity index (χ0) is 12.3. The summed E-state index contributed by atoms with van der Waals surface area (Å²) in [6.07, 6.45) is 0. The minimum absolute atomic E-state index is 0.327. The lowest BCUT2D eigenvalue weighted by molar-refractivity contribution is 0.340. The fourth-order valence-corrected chi connectivity index (χ4v) is 2.40. The van der Waals surface area contributed by atoms with Crippen molar-refractivity contribution in [2.45, 2.75) is 6.92 Å². The van der Waals surface area contributed by atoms with E-state index in [1.165, 1.54) is 11.3 Å². The summed E-state index contributed by atoms with van der Waals surface area (Å²) in [6.45, 7) is 2.61. The van der Waals surface area contributed by atoms with Crippen molar-refractivity contribution in [1.29, 1.82) is 0 Å². The van der Waals surface area contributed by atoms with Crippen molar-refractivity contribution in [2.24, 2.45) is 5.73 Å². The van der Waals surface area contributed by atoms with Gasteiger partial charge in [0.15, 0.2) is 0 Å². The van der Waals surface area contributed by atoms with Gasteiger partial charge in [0.1, 0.15) is 21.4 Å². The molecule has 0 atom stereocenters.